The first-order chi connectivity index (χ1) is 10.4. The molecule has 4 N–H and O–H groups in total. The third-order valence-electron chi connectivity index (χ3n) is 3.40. The summed E-state index contributed by atoms with van der Waals surface area (Å²) in [5.74, 6) is 0. The van der Waals surface area contributed by atoms with Gasteiger partial charge < -0.3 is 5.73 Å². The van der Waals surface area contributed by atoms with Crippen molar-refractivity contribution in [3.05, 3.63) is 53.6 Å². The van der Waals surface area contributed by atoms with Crippen LogP contribution in [0.15, 0.2) is 47.4 Å². The summed E-state index contributed by atoms with van der Waals surface area (Å²) in [5.41, 5.74) is 8.71. The van der Waals surface area contributed by atoms with Crippen molar-refractivity contribution in [1.82, 2.24) is 4.98 Å². The first kappa shape index (κ1) is 15.0. The molecule has 1 heterocycles. The molecule has 3 aromatic rings. The van der Waals surface area contributed by atoms with Gasteiger partial charge in [0.15, 0.2) is 5.13 Å². The number of primary sulfonamides is 1. The number of sulfonamides is 1. The van der Waals surface area contributed by atoms with Gasteiger partial charge in [0.05, 0.1) is 15.1 Å². The number of benzene rings is 2. The lowest BCUT2D eigenvalue weighted by Crippen LogP contribution is -2.12. The van der Waals surface area contributed by atoms with E-state index in [9.17, 15) is 8.42 Å². The molecular weight excluding hydrogens is 318 g/mol. The number of fused-ring (bicyclic) bond motifs is 1. The Kier molecular flexibility index (Phi) is 3.86. The molecule has 0 aliphatic carbocycles. The molecule has 0 aliphatic heterocycles. The normalized spacial score (nSPS) is 11.9. The van der Waals surface area contributed by atoms with Gasteiger partial charge in [-0.3, -0.25) is 0 Å². The Morgan fingerprint density at radius 3 is 2.50 bits per heavy atom. The van der Waals surface area contributed by atoms with Gasteiger partial charge in [0.1, 0.15) is 0 Å². The van der Waals surface area contributed by atoms with Crippen LogP contribution in [-0.2, 0) is 22.9 Å². The van der Waals surface area contributed by atoms with Gasteiger partial charge in [-0.25, -0.2) is 18.5 Å². The lowest BCUT2D eigenvalue weighted by Gasteiger charge is -2.04. The maximum atomic E-state index is 11.4. The molecule has 0 unspecified atom stereocenters. The predicted octanol–water partition coefficient (Wildman–Crippen LogP) is 2.31. The molecule has 0 saturated carbocycles. The number of hydrogen-bond acceptors (Lipinski definition) is 5. The molecule has 0 fully saturated rings. The summed E-state index contributed by atoms with van der Waals surface area (Å²) in [5, 5.41) is 5.72. The molecule has 0 amide bonds. The Bertz CT molecular complexity index is 933. The number of anilines is 1. The van der Waals surface area contributed by atoms with Crippen LogP contribution in [-0.4, -0.2) is 13.4 Å². The summed E-state index contributed by atoms with van der Waals surface area (Å²) in [6.45, 7) is 0. The van der Waals surface area contributed by atoms with Crippen LogP contribution in [0.4, 0.5) is 5.13 Å². The Balaban J connectivity index is 1.79. The SMILES string of the molecule is Nc1nc2ccc(CCc3cccc(S(N)(=O)=O)c3)cc2s1. The molecule has 0 atom stereocenters. The zero-order valence-corrected chi connectivity index (χ0v) is 13.3. The number of rotatable bonds is 4. The topological polar surface area (TPSA) is 99.1 Å². The van der Waals surface area contributed by atoms with Crippen LogP contribution in [0, 0.1) is 0 Å². The summed E-state index contributed by atoms with van der Waals surface area (Å²) in [6, 6.07) is 12.8. The molecule has 0 bridgehead atoms. The number of aromatic nitrogens is 1. The minimum absolute atomic E-state index is 0.149. The molecule has 22 heavy (non-hydrogen) atoms. The maximum Gasteiger partial charge on any atom is 0.238 e. The molecule has 114 valence electrons. The highest BCUT2D eigenvalue weighted by molar-refractivity contribution is 7.89. The van der Waals surface area contributed by atoms with Crippen molar-refractivity contribution in [2.75, 3.05) is 5.73 Å². The van der Waals surface area contributed by atoms with E-state index in [1.165, 1.54) is 17.4 Å². The van der Waals surface area contributed by atoms with Gasteiger partial charge in [-0.05, 0) is 48.2 Å². The van der Waals surface area contributed by atoms with Gasteiger partial charge in [-0.15, -0.1) is 0 Å². The van der Waals surface area contributed by atoms with Crippen LogP contribution in [0.1, 0.15) is 11.1 Å². The van der Waals surface area contributed by atoms with Gasteiger partial charge >= 0.3 is 0 Å². The van der Waals surface area contributed by atoms with E-state index in [0.29, 0.717) is 5.13 Å². The minimum atomic E-state index is -3.65. The van der Waals surface area contributed by atoms with E-state index in [1.54, 1.807) is 12.1 Å². The first-order valence-electron chi connectivity index (χ1n) is 6.68. The zero-order chi connectivity index (χ0) is 15.7. The average Bonchev–Trinajstić information content (AvgIpc) is 2.84. The predicted molar refractivity (Wildman–Crippen MR) is 89.3 cm³/mol. The average molecular weight is 333 g/mol. The van der Waals surface area contributed by atoms with Crippen LogP contribution in [0.25, 0.3) is 10.2 Å². The van der Waals surface area contributed by atoms with Crippen LogP contribution >= 0.6 is 11.3 Å². The summed E-state index contributed by atoms with van der Waals surface area (Å²) >= 11 is 1.46. The molecule has 0 radical (unpaired) electrons. The zero-order valence-electron chi connectivity index (χ0n) is 11.7. The Hall–Kier alpha value is -1.96. The van der Waals surface area contributed by atoms with E-state index in [1.807, 2.05) is 18.2 Å². The lowest BCUT2D eigenvalue weighted by molar-refractivity contribution is 0.597. The molecule has 0 saturated heterocycles. The molecule has 5 nitrogen and oxygen atoms in total. The highest BCUT2D eigenvalue weighted by atomic mass is 32.2. The monoisotopic (exact) mass is 333 g/mol. The summed E-state index contributed by atoms with van der Waals surface area (Å²) in [7, 11) is -3.65. The maximum absolute atomic E-state index is 11.4. The van der Waals surface area contributed by atoms with Crippen LogP contribution in [0.5, 0.6) is 0 Å². The molecular formula is C15H15N3O2S2. The quantitative estimate of drug-likeness (QED) is 0.765. The molecule has 2 aromatic carbocycles. The number of hydrogen-bond donors (Lipinski definition) is 2. The van der Waals surface area contributed by atoms with Crippen LogP contribution in [0.2, 0.25) is 0 Å². The van der Waals surface area contributed by atoms with E-state index < -0.39 is 10.0 Å². The van der Waals surface area contributed by atoms with Crippen LogP contribution < -0.4 is 10.9 Å². The van der Waals surface area contributed by atoms with E-state index >= 15 is 0 Å². The largest absolute Gasteiger partial charge is 0.375 e. The third kappa shape index (κ3) is 3.27. The van der Waals surface area contributed by atoms with Gasteiger partial charge in [0, 0.05) is 0 Å². The molecule has 0 aliphatic rings. The Labute approximate surface area is 132 Å². The lowest BCUT2D eigenvalue weighted by atomic mass is 10.0. The molecule has 7 heteroatoms. The second-order valence-corrected chi connectivity index (χ2v) is 7.67. The first-order valence-corrected chi connectivity index (χ1v) is 9.05. The van der Waals surface area contributed by atoms with Gasteiger partial charge in [-0.2, -0.15) is 0 Å². The van der Waals surface area contributed by atoms with Gasteiger partial charge in [0.2, 0.25) is 10.0 Å². The van der Waals surface area contributed by atoms with Crippen molar-refractivity contribution in [3.8, 4) is 0 Å². The summed E-state index contributed by atoms with van der Waals surface area (Å²) in [6.07, 6.45) is 1.55. The molecule has 0 spiro atoms. The molecule has 1 aromatic heterocycles. The van der Waals surface area contributed by atoms with E-state index in [2.05, 4.69) is 11.1 Å². The Morgan fingerprint density at radius 1 is 1.05 bits per heavy atom. The number of nitrogen functional groups attached to an aromatic ring is 1. The van der Waals surface area contributed by atoms with Crippen molar-refractivity contribution in [1.29, 1.82) is 0 Å². The van der Waals surface area contributed by atoms with Crippen LogP contribution in [0.3, 0.4) is 0 Å². The number of nitrogens with two attached hydrogens (primary N) is 2. The second-order valence-electron chi connectivity index (χ2n) is 5.05. The van der Waals surface area contributed by atoms with E-state index in [-0.39, 0.29) is 4.90 Å². The second kappa shape index (κ2) is 5.68. The van der Waals surface area contributed by atoms with Crippen molar-refractivity contribution >= 4 is 36.7 Å². The van der Waals surface area contributed by atoms with Crippen molar-refractivity contribution < 1.29 is 8.42 Å². The van der Waals surface area contributed by atoms with Gasteiger partial charge in [0.25, 0.3) is 0 Å². The highest BCUT2D eigenvalue weighted by Gasteiger charge is 2.08. The summed E-state index contributed by atoms with van der Waals surface area (Å²) in [4.78, 5) is 4.38. The van der Waals surface area contributed by atoms with Gasteiger partial charge in [-0.1, -0.05) is 29.5 Å². The number of aryl methyl sites for hydroxylation is 2. The van der Waals surface area contributed by atoms with E-state index in [4.69, 9.17) is 10.9 Å². The highest BCUT2D eigenvalue weighted by Crippen LogP contribution is 2.25. The summed E-state index contributed by atoms with van der Waals surface area (Å²) < 4.78 is 23.8. The standard InChI is InChI=1S/C15H15N3O2S2/c16-15-18-13-7-6-11(9-14(13)21-15)5-4-10-2-1-3-12(8-10)22(17,19)20/h1-3,6-9H,4-5H2,(H2,16,18)(H2,17,19,20). The number of nitrogens with zero attached hydrogens (tertiary/aromatic N) is 1. The smallest absolute Gasteiger partial charge is 0.238 e. The van der Waals surface area contributed by atoms with Crippen molar-refractivity contribution in [2.45, 2.75) is 17.7 Å². The Morgan fingerprint density at radius 2 is 1.77 bits per heavy atom. The fourth-order valence-corrected chi connectivity index (χ4v) is 3.69. The molecule has 3 rings (SSSR count). The minimum Gasteiger partial charge on any atom is -0.375 e. The number of thiazole rings is 1. The third-order valence-corrected chi connectivity index (χ3v) is 5.16. The fraction of sp³-hybridized carbons (Fsp3) is 0.133. The fourth-order valence-electron chi connectivity index (χ4n) is 2.31. The van der Waals surface area contributed by atoms with Crippen molar-refractivity contribution in [3.63, 3.8) is 0 Å². The van der Waals surface area contributed by atoms with Crippen molar-refractivity contribution in [2.24, 2.45) is 5.14 Å². The van der Waals surface area contributed by atoms with E-state index in [0.717, 1.165) is 34.2 Å².